The van der Waals surface area contributed by atoms with Gasteiger partial charge in [0.25, 0.3) is 17.6 Å². The minimum Gasteiger partial charge on any atom is -0.361 e. The van der Waals surface area contributed by atoms with E-state index in [0.29, 0.717) is 22.8 Å². The maximum atomic E-state index is 14.9. The summed E-state index contributed by atoms with van der Waals surface area (Å²) in [6.07, 6.45) is 0. The van der Waals surface area contributed by atoms with E-state index in [4.69, 9.17) is 6.57 Å². The summed E-state index contributed by atoms with van der Waals surface area (Å²) in [4.78, 5) is 43.4. The molecule has 2 amide bonds. The van der Waals surface area contributed by atoms with Crippen LogP contribution in [0.3, 0.4) is 0 Å². The molecule has 1 aliphatic heterocycles. The van der Waals surface area contributed by atoms with Crippen LogP contribution < -0.4 is 4.90 Å². The summed E-state index contributed by atoms with van der Waals surface area (Å²) in [7, 11) is 0. The van der Waals surface area contributed by atoms with Gasteiger partial charge in [0.1, 0.15) is 11.8 Å². The summed E-state index contributed by atoms with van der Waals surface area (Å²) >= 11 is 0. The zero-order valence-electron chi connectivity index (χ0n) is 27.4. The lowest BCUT2D eigenvalue weighted by Gasteiger charge is -2.19. The second kappa shape index (κ2) is 12.0. The first kappa shape index (κ1) is 30.4. The third-order valence-corrected chi connectivity index (χ3v) is 9.44. The van der Waals surface area contributed by atoms with Gasteiger partial charge in [-0.05, 0) is 54.1 Å². The molecular formula is C44H24N6O2. The zero-order valence-corrected chi connectivity index (χ0v) is 27.4. The minimum absolute atomic E-state index is 0.254. The molecule has 0 aliphatic carbocycles. The lowest BCUT2D eigenvalue weighted by atomic mass is 10.0. The number of amides is 2. The molecule has 0 atom stereocenters. The third kappa shape index (κ3) is 4.60. The minimum atomic E-state index is -0.443. The van der Waals surface area contributed by atoms with Crippen molar-refractivity contribution in [1.29, 1.82) is 5.26 Å². The van der Waals surface area contributed by atoms with Crippen molar-refractivity contribution in [2.24, 2.45) is 0 Å². The molecule has 0 unspecified atom stereocenters. The van der Waals surface area contributed by atoms with E-state index in [9.17, 15) is 14.9 Å². The molecule has 9 rings (SSSR count). The molecule has 0 saturated carbocycles. The maximum Gasteiger partial charge on any atom is 0.270 e. The van der Waals surface area contributed by atoms with Crippen LogP contribution in [0.4, 0.5) is 11.5 Å². The number of nitrogens with zero attached hydrogens (tertiary/aromatic N) is 6. The zero-order chi connectivity index (χ0) is 35.3. The van der Waals surface area contributed by atoms with Crippen molar-refractivity contribution in [2.45, 2.75) is 0 Å². The van der Waals surface area contributed by atoms with Crippen LogP contribution in [0.5, 0.6) is 0 Å². The summed E-state index contributed by atoms with van der Waals surface area (Å²) in [5, 5.41) is 11.5. The van der Waals surface area contributed by atoms with Gasteiger partial charge in [0.05, 0.1) is 39.2 Å². The Hall–Kier alpha value is -7.68. The molecule has 0 saturated heterocycles. The lowest BCUT2D eigenvalue weighted by Crippen LogP contribution is -2.30. The average molecular weight is 669 g/mol. The van der Waals surface area contributed by atoms with Crippen LogP contribution in [0.15, 0.2) is 146 Å². The van der Waals surface area contributed by atoms with Crippen molar-refractivity contribution in [3.8, 4) is 45.4 Å². The van der Waals surface area contributed by atoms with Crippen molar-refractivity contribution in [1.82, 2.24) is 14.5 Å². The number of carbonyl (C=O) groups excluding carboxylic acids is 2. The smallest absolute Gasteiger partial charge is 0.270 e. The van der Waals surface area contributed by atoms with E-state index in [0.717, 1.165) is 44.1 Å². The highest BCUT2D eigenvalue weighted by Crippen LogP contribution is 2.44. The van der Waals surface area contributed by atoms with Crippen LogP contribution in [-0.4, -0.2) is 26.3 Å². The van der Waals surface area contributed by atoms with Crippen molar-refractivity contribution >= 4 is 45.1 Å². The average Bonchev–Trinajstić information content (AvgIpc) is 3.68. The van der Waals surface area contributed by atoms with Gasteiger partial charge >= 0.3 is 0 Å². The van der Waals surface area contributed by atoms with Crippen LogP contribution in [0.1, 0.15) is 26.4 Å². The molecule has 8 nitrogen and oxygen atoms in total. The van der Waals surface area contributed by atoms with Crippen LogP contribution in [0, 0.1) is 17.9 Å². The molecule has 8 heteroatoms. The normalized spacial score (nSPS) is 12.2. The van der Waals surface area contributed by atoms with Gasteiger partial charge in [-0.2, -0.15) is 5.26 Å². The van der Waals surface area contributed by atoms with Crippen molar-refractivity contribution in [3.05, 3.63) is 174 Å². The number of hydrogen-bond donors (Lipinski definition) is 0. The molecule has 0 spiro atoms. The van der Waals surface area contributed by atoms with Crippen LogP contribution in [-0.2, 0) is 0 Å². The van der Waals surface area contributed by atoms with E-state index >= 15 is 0 Å². The van der Waals surface area contributed by atoms with Crippen LogP contribution in [0.2, 0.25) is 0 Å². The summed E-state index contributed by atoms with van der Waals surface area (Å²) in [5.74, 6) is -0.604. The first-order valence-corrected chi connectivity index (χ1v) is 16.5. The summed E-state index contributed by atoms with van der Waals surface area (Å²) in [5.41, 5.74) is 7.59. The van der Waals surface area contributed by atoms with Gasteiger partial charge in [-0.3, -0.25) is 9.59 Å². The number of imide groups is 1. The summed E-state index contributed by atoms with van der Waals surface area (Å²) in [6.45, 7) is 7.63. The second-order valence-corrected chi connectivity index (χ2v) is 12.3. The Balaban J connectivity index is 1.37. The van der Waals surface area contributed by atoms with E-state index in [1.165, 1.54) is 4.90 Å². The maximum absolute atomic E-state index is 14.9. The largest absolute Gasteiger partial charge is 0.361 e. The number of para-hydroxylation sites is 3. The fourth-order valence-corrected chi connectivity index (χ4v) is 7.26. The SMILES string of the molecule is [C-]#[N+]c1cccc(-c2cccc3c4cccc(-c5cccc(C#N)n5)c4n(-c4cccc5c4C(=O)N(c4ccccc4-c4ccccc4)C5=O)c23)n1. The third-order valence-electron chi connectivity index (χ3n) is 9.44. The monoisotopic (exact) mass is 668 g/mol. The first-order valence-electron chi connectivity index (χ1n) is 16.5. The van der Waals surface area contributed by atoms with E-state index in [1.807, 2.05) is 108 Å². The van der Waals surface area contributed by atoms with Crippen molar-refractivity contribution < 1.29 is 9.59 Å². The highest BCUT2D eigenvalue weighted by molar-refractivity contribution is 6.36. The molecule has 0 radical (unpaired) electrons. The van der Waals surface area contributed by atoms with E-state index in [1.54, 1.807) is 42.5 Å². The van der Waals surface area contributed by atoms with Crippen LogP contribution in [0.25, 0.3) is 66.0 Å². The number of rotatable bonds is 5. The quantitative estimate of drug-likeness (QED) is 0.134. The predicted molar refractivity (Wildman–Crippen MR) is 201 cm³/mol. The molecule has 0 bridgehead atoms. The molecule has 0 fully saturated rings. The van der Waals surface area contributed by atoms with Gasteiger partial charge in [0.2, 0.25) is 0 Å². The number of benzene rings is 5. The Morgan fingerprint density at radius 3 is 1.85 bits per heavy atom. The Labute approximate surface area is 297 Å². The Morgan fingerprint density at radius 1 is 0.558 bits per heavy atom. The fraction of sp³-hybridized carbons (Fsp3) is 0. The molecule has 3 aromatic heterocycles. The molecule has 5 aromatic carbocycles. The van der Waals surface area contributed by atoms with Gasteiger partial charge in [-0.1, -0.05) is 104 Å². The highest BCUT2D eigenvalue weighted by Gasteiger charge is 2.40. The van der Waals surface area contributed by atoms with Gasteiger partial charge in [0, 0.05) is 27.5 Å². The number of fused-ring (bicyclic) bond motifs is 4. The number of hydrogen-bond acceptors (Lipinski definition) is 5. The molecule has 242 valence electrons. The number of anilines is 1. The van der Waals surface area contributed by atoms with Crippen molar-refractivity contribution in [3.63, 3.8) is 0 Å². The van der Waals surface area contributed by atoms with Gasteiger partial charge in [-0.25, -0.2) is 9.88 Å². The number of aromatic nitrogens is 3. The molecular weight excluding hydrogens is 645 g/mol. The van der Waals surface area contributed by atoms with Crippen molar-refractivity contribution in [2.75, 3.05) is 4.90 Å². The molecule has 52 heavy (non-hydrogen) atoms. The fourth-order valence-electron chi connectivity index (χ4n) is 7.26. The number of nitriles is 1. The van der Waals surface area contributed by atoms with Gasteiger partial charge in [-0.15, -0.1) is 4.98 Å². The van der Waals surface area contributed by atoms with Gasteiger partial charge in [0.15, 0.2) is 5.69 Å². The topological polar surface area (TPSA) is 96.2 Å². The highest BCUT2D eigenvalue weighted by atomic mass is 16.2. The Kier molecular flexibility index (Phi) is 7.03. The summed E-state index contributed by atoms with van der Waals surface area (Å²) < 4.78 is 2.01. The molecule has 0 N–H and O–H groups in total. The summed E-state index contributed by atoms with van der Waals surface area (Å²) in [6, 6.07) is 47.0. The lowest BCUT2D eigenvalue weighted by molar-refractivity contribution is 0.0926. The number of carbonyl (C=O) groups is 2. The first-order chi connectivity index (χ1) is 25.6. The Morgan fingerprint density at radius 2 is 1.13 bits per heavy atom. The second-order valence-electron chi connectivity index (χ2n) is 12.3. The van der Waals surface area contributed by atoms with E-state index in [-0.39, 0.29) is 22.6 Å². The molecule has 4 heterocycles. The van der Waals surface area contributed by atoms with Gasteiger partial charge < -0.3 is 9.41 Å². The molecule has 1 aliphatic rings. The Bertz CT molecular complexity index is 2760. The predicted octanol–water partition coefficient (Wildman–Crippen LogP) is 9.80. The molecule has 8 aromatic rings. The number of pyridine rings is 2. The van der Waals surface area contributed by atoms with Crippen LogP contribution >= 0.6 is 0 Å². The van der Waals surface area contributed by atoms with E-state index < -0.39 is 11.8 Å². The standard InChI is InChI=1S/C44H24N6O2/c1-46-39-25-11-22-36(48-39)33-19-9-17-31-30-16-8-18-32(35-21-7-14-28(26-45)47-35)41(30)49(42(31)33)38-24-10-20-34-40(38)44(52)50(43(34)51)37-23-6-5-15-29(37)27-12-3-2-4-13-27/h2-25H. The van der Waals surface area contributed by atoms with E-state index in [2.05, 4.69) is 20.9 Å².